The Kier molecular flexibility index (Phi) is 20.4. The molecule has 0 aliphatic carbocycles. The van der Waals surface area contributed by atoms with Crippen molar-refractivity contribution in [3.05, 3.63) is 76.9 Å². The highest BCUT2D eigenvalue weighted by Gasteiger charge is 2.27. The van der Waals surface area contributed by atoms with Gasteiger partial charge in [0.1, 0.15) is 12.1 Å². The molecule has 4 N–H and O–H groups in total. The SMILES string of the molecule is C/C=C(/C)C(=O)N[C@H](C)C(=O)N[C@@H](C(=O)NCCOCCOCCOCCOCCC(=O)NCCC(=O)N1Cc2ccccc2C#Cc2ccccc21)C(C)C. The van der Waals surface area contributed by atoms with E-state index in [0.717, 1.165) is 22.4 Å². The van der Waals surface area contributed by atoms with Crippen LogP contribution in [0.2, 0.25) is 0 Å². The van der Waals surface area contributed by atoms with Crippen LogP contribution < -0.4 is 26.2 Å². The van der Waals surface area contributed by atoms with Crippen molar-refractivity contribution in [2.24, 2.45) is 5.92 Å². The molecule has 0 spiro atoms. The average molecular weight is 776 g/mol. The maximum absolute atomic E-state index is 13.3. The van der Waals surface area contributed by atoms with Crippen molar-refractivity contribution in [1.82, 2.24) is 21.3 Å². The standard InChI is InChI=1S/C42H57N5O9/c1-6-31(4)40(50)45-32(5)41(51)46-39(30(2)3)42(52)44-20-22-54-24-26-56-28-27-55-25-23-53-21-18-37(48)43-19-17-38(49)47-29-35-13-8-7-11-33(35)15-16-34-12-9-10-14-36(34)47/h6-14,30,32,39H,17-29H2,1-5H3,(H,43,48)(H,44,52)(H,45,50)(H,46,51)/b31-6-/t32-,39-/m1/s1. The van der Waals surface area contributed by atoms with E-state index in [4.69, 9.17) is 18.9 Å². The Morgan fingerprint density at radius 2 is 1.30 bits per heavy atom. The smallest absolute Gasteiger partial charge is 0.247 e. The Morgan fingerprint density at radius 1 is 0.714 bits per heavy atom. The summed E-state index contributed by atoms with van der Waals surface area (Å²) >= 11 is 0. The highest BCUT2D eigenvalue weighted by atomic mass is 16.6. The van der Waals surface area contributed by atoms with Gasteiger partial charge in [-0.05, 0) is 50.5 Å². The van der Waals surface area contributed by atoms with Gasteiger partial charge in [-0.3, -0.25) is 24.0 Å². The fraction of sp³-hybridized carbons (Fsp3) is 0.500. The maximum atomic E-state index is 13.3. The first kappa shape index (κ1) is 45.3. The van der Waals surface area contributed by atoms with E-state index >= 15 is 0 Å². The first-order valence-corrected chi connectivity index (χ1v) is 19.1. The van der Waals surface area contributed by atoms with Crippen LogP contribution in [0.4, 0.5) is 5.69 Å². The van der Waals surface area contributed by atoms with Gasteiger partial charge in [-0.2, -0.15) is 0 Å². The maximum Gasteiger partial charge on any atom is 0.247 e. The number of ether oxygens (including phenoxy) is 4. The van der Waals surface area contributed by atoms with E-state index in [2.05, 4.69) is 33.1 Å². The molecule has 5 amide bonds. The van der Waals surface area contributed by atoms with Crippen molar-refractivity contribution in [3.63, 3.8) is 0 Å². The highest BCUT2D eigenvalue weighted by molar-refractivity contribution is 5.97. The minimum atomic E-state index is -0.799. The molecular formula is C42H57N5O9. The van der Waals surface area contributed by atoms with Crippen LogP contribution in [0.3, 0.4) is 0 Å². The van der Waals surface area contributed by atoms with Gasteiger partial charge in [-0.25, -0.2) is 0 Å². The first-order valence-electron chi connectivity index (χ1n) is 19.1. The molecule has 56 heavy (non-hydrogen) atoms. The molecule has 0 unspecified atom stereocenters. The second-order valence-corrected chi connectivity index (χ2v) is 13.4. The first-order chi connectivity index (χ1) is 27.0. The van der Waals surface area contributed by atoms with Crippen LogP contribution in [0, 0.1) is 17.8 Å². The number of rotatable bonds is 24. The van der Waals surface area contributed by atoms with Crippen LogP contribution in [0.25, 0.3) is 0 Å². The van der Waals surface area contributed by atoms with E-state index in [-0.39, 0.29) is 68.7 Å². The Bertz CT molecular complexity index is 1700. The van der Waals surface area contributed by atoms with Crippen LogP contribution >= 0.6 is 0 Å². The molecule has 0 aromatic heterocycles. The van der Waals surface area contributed by atoms with Gasteiger partial charge in [-0.1, -0.05) is 62.1 Å². The molecule has 3 rings (SSSR count). The Labute approximate surface area is 330 Å². The van der Waals surface area contributed by atoms with Crippen molar-refractivity contribution < 1.29 is 42.9 Å². The second kappa shape index (κ2) is 25.2. The van der Waals surface area contributed by atoms with Crippen LogP contribution in [0.1, 0.15) is 64.2 Å². The molecule has 2 aromatic rings. The lowest BCUT2D eigenvalue weighted by Gasteiger charge is -2.26. The largest absolute Gasteiger partial charge is 0.379 e. The van der Waals surface area contributed by atoms with Gasteiger partial charge in [0.05, 0.1) is 65.1 Å². The van der Waals surface area contributed by atoms with E-state index in [1.54, 1.807) is 31.7 Å². The van der Waals surface area contributed by atoms with Crippen molar-refractivity contribution in [1.29, 1.82) is 0 Å². The normalized spacial score (nSPS) is 13.2. The molecule has 1 aliphatic rings. The summed E-state index contributed by atoms with van der Waals surface area (Å²) in [6.07, 6.45) is 1.98. The summed E-state index contributed by atoms with van der Waals surface area (Å²) in [6, 6.07) is 13.8. The number of benzene rings is 2. The van der Waals surface area contributed by atoms with Crippen LogP contribution in [-0.2, 0) is 49.5 Å². The minimum Gasteiger partial charge on any atom is -0.379 e. The van der Waals surface area contributed by atoms with Crippen LogP contribution in [0.5, 0.6) is 0 Å². The van der Waals surface area contributed by atoms with Gasteiger partial charge in [0, 0.05) is 42.6 Å². The summed E-state index contributed by atoms with van der Waals surface area (Å²) < 4.78 is 22.0. The van der Waals surface area contributed by atoms with E-state index < -0.39 is 18.0 Å². The van der Waals surface area contributed by atoms with Crippen molar-refractivity contribution in [2.45, 2.75) is 66.1 Å². The summed E-state index contributed by atoms with van der Waals surface area (Å²) in [5.41, 5.74) is 3.91. The lowest BCUT2D eigenvalue weighted by Crippen LogP contribution is -2.55. The number of amides is 5. The van der Waals surface area contributed by atoms with Crippen molar-refractivity contribution >= 4 is 35.2 Å². The summed E-state index contributed by atoms with van der Waals surface area (Å²) in [5.74, 6) is 4.82. The van der Waals surface area contributed by atoms with Crippen LogP contribution in [-0.4, -0.2) is 108 Å². The molecule has 0 fully saturated rings. The molecule has 2 atom stereocenters. The third-order valence-electron chi connectivity index (χ3n) is 8.75. The highest BCUT2D eigenvalue weighted by Crippen LogP contribution is 2.25. The predicted molar refractivity (Wildman–Crippen MR) is 212 cm³/mol. The van der Waals surface area contributed by atoms with E-state index in [1.807, 2.05) is 62.4 Å². The third-order valence-corrected chi connectivity index (χ3v) is 8.75. The number of hydrogen-bond donors (Lipinski definition) is 4. The molecule has 14 nitrogen and oxygen atoms in total. The van der Waals surface area contributed by atoms with Gasteiger partial charge >= 0.3 is 0 Å². The number of anilines is 1. The summed E-state index contributed by atoms with van der Waals surface area (Å²) in [4.78, 5) is 64.6. The predicted octanol–water partition coefficient (Wildman–Crippen LogP) is 2.62. The molecule has 1 aliphatic heterocycles. The number of allylic oxidation sites excluding steroid dienone is 1. The summed E-state index contributed by atoms with van der Waals surface area (Å²) in [5, 5.41) is 10.9. The molecule has 0 saturated carbocycles. The molecule has 1 heterocycles. The lowest BCUT2D eigenvalue weighted by atomic mass is 10.0. The van der Waals surface area contributed by atoms with E-state index in [0.29, 0.717) is 51.8 Å². The molecule has 0 bridgehead atoms. The number of carbonyl (C=O) groups is 5. The van der Waals surface area contributed by atoms with E-state index in [9.17, 15) is 24.0 Å². The zero-order chi connectivity index (χ0) is 40.7. The Morgan fingerprint density at radius 3 is 1.96 bits per heavy atom. The summed E-state index contributed by atoms with van der Waals surface area (Å²) in [7, 11) is 0. The van der Waals surface area contributed by atoms with Crippen molar-refractivity contribution in [3.8, 4) is 11.8 Å². The molecular weight excluding hydrogens is 718 g/mol. The third kappa shape index (κ3) is 16.0. The summed E-state index contributed by atoms with van der Waals surface area (Å²) in [6.45, 7) is 12.1. The molecule has 2 aromatic carbocycles. The Hall–Kier alpha value is -5.07. The van der Waals surface area contributed by atoms with Crippen molar-refractivity contribution in [2.75, 3.05) is 70.8 Å². The number of nitrogens with zero attached hydrogens (tertiary/aromatic N) is 1. The van der Waals surface area contributed by atoms with Gasteiger partial charge in [0.15, 0.2) is 0 Å². The topological polar surface area (TPSA) is 174 Å². The van der Waals surface area contributed by atoms with Gasteiger partial charge in [-0.15, -0.1) is 0 Å². The number of para-hydroxylation sites is 1. The average Bonchev–Trinajstić information content (AvgIpc) is 3.18. The van der Waals surface area contributed by atoms with Gasteiger partial charge < -0.3 is 45.1 Å². The fourth-order valence-corrected chi connectivity index (χ4v) is 5.34. The fourth-order valence-electron chi connectivity index (χ4n) is 5.34. The Balaban J connectivity index is 1.16. The molecule has 0 radical (unpaired) electrons. The zero-order valence-electron chi connectivity index (χ0n) is 33.2. The number of carbonyl (C=O) groups excluding carboxylic acids is 5. The number of hydrogen-bond acceptors (Lipinski definition) is 9. The number of nitrogens with one attached hydrogen (secondary N) is 4. The molecule has 14 heteroatoms. The number of fused-ring (bicyclic) bond motifs is 2. The van der Waals surface area contributed by atoms with E-state index in [1.165, 1.54) is 0 Å². The van der Waals surface area contributed by atoms with Gasteiger partial charge in [0.25, 0.3) is 0 Å². The zero-order valence-corrected chi connectivity index (χ0v) is 33.2. The second-order valence-electron chi connectivity index (χ2n) is 13.4. The lowest BCUT2D eigenvalue weighted by molar-refractivity contribution is -0.132. The van der Waals surface area contributed by atoms with Gasteiger partial charge in [0.2, 0.25) is 29.5 Å². The quantitative estimate of drug-likeness (QED) is 0.0711. The minimum absolute atomic E-state index is 0.0989. The molecule has 304 valence electrons. The van der Waals surface area contributed by atoms with Crippen LogP contribution in [0.15, 0.2) is 60.2 Å². The molecule has 0 saturated heterocycles. The monoisotopic (exact) mass is 775 g/mol.